The fourth-order valence-electron chi connectivity index (χ4n) is 3.08. The van der Waals surface area contributed by atoms with Crippen LogP contribution in [0.5, 0.6) is 5.75 Å². The Kier molecular flexibility index (Phi) is 7.25. The molecule has 4 rings (SSSR count). The molecule has 1 N–H and O–H groups in total. The highest BCUT2D eigenvalue weighted by Gasteiger charge is 2.27. The van der Waals surface area contributed by atoms with Crippen molar-refractivity contribution < 1.29 is 17.9 Å². The van der Waals surface area contributed by atoms with Gasteiger partial charge in [0.15, 0.2) is 0 Å². The molecule has 174 valence electrons. The van der Waals surface area contributed by atoms with Crippen LogP contribution in [0.15, 0.2) is 88.2 Å². The molecule has 0 fully saturated rings. The van der Waals surface area contributed by atoms with Gasteiger partial charge in [0.05, 0.1) is 17.7 Å². The molecule has 0 aliphatic heterocycles. The molecule has 1 amide bonds. The molecule has 0 spiro atoms. The van der Waals surface area contributed by atoms with E-state index in [0.717, 1.165) is 9.87 Å². The van der Waals surface area contributed by atoms with Crippen molar-refractivity contribution in [2.45, 2.75) is 4.90 Å². The second-order valence-electron chi connectivity index (χ2n) is 6.99. The summed E-state index contributed by atoms with van der Waals surface area (Å²) in [6.45, 7) is -0.439. The Balaban J connectivity index is 1.56. The van der Waals surface area contributed by atoms with Gasteiger partial charge in [-0.05, 0) is 54.6 Å². The summed E-state index contributed by atoms with van der Waals surface area (Å²) in [6, 6.07) is 22.0. The van der Waals surface area contributed by atoms with Crippen molar-refractivity contribution in [1.29, 1.82) is 0 Å². The van der Waals surface area contributed by atoms with E-state index in [1.807, 2.05) is 12.1 Å². The maximum Gasteiger partial charge on any atom is 0.264 e. The average molecular weight is 559 g/mol. The normalized spacial score (nSPS) is 11.1. The number of aromatic nitrogens is 2. The molecule has 0 saturated carbocycles. The highest BCUT2D eigenvalue weighted by molar-refractivity contribution is 9.10. The predicted octanol–water partition coefficient (Wildman–Crippen LogP) is 4.81. The maximum atomic E-state index is 13.4. The van der Waals surface area contributed by atoms with Crippen molar-refractivity contribution in [3.63, 3.8) is 0 Å². The molecule has 34 heavy (non-hydrogen) atoms. The Bertz CT molecular complexity index is 1390. The summed E-state index contributed by atoms with van der Waals surface area (Å²) in [4.78, 5) is 13.0. The van der Waals surface area contributed by atoms with Crippen molar-refractivity contribution in [3.8, 4) is 16.3 Å². The molecule has 11 heteroatoms. The molecule has 1 heterocycles. The molecule has 0 atom stereocenters. The molecule has 3 aromatic carbocycles. The molecule has 8 nitrogen and oxygen atoms in total. The topological polar surface area (TPSA) is 101 Å². The monoisotopic (exact) mass is 558 g/mol. The van der Waals surface area contributed by atoms with Crippen LogP contribution in [0.25, 0.3) is 10.6 Å². The van der Waals surface area contributed by atoms with E-state index in [-0.39, 0.29) is 10.0 Å². The lowest BCUT2D eigenvalue weighted by Gasteiger charge is -2.24. The van der Waals surface area contributed by atoms with Gasteiger partial charge in [-0.25, -0.2) is 8.42 Å². The van der Waals surface area contributed by atoms with E-state index in [9.17, 15) is 13.2 Å². The van der Waals surface area contributed by atoms with Crippen molar-refractivity contribution in [2.75, 3.05) is 23.3 Å². The van der Waals surface area contributed by atoms with Gasteiger partial charge in [-0.2, -0.15) is 0 Å². The minimum absolute atomic E-state index is 0.0838. The van der Waals surface area contributed by atoms with Gasteiger partial charge in [0.1, 0.15) is 17.3 Å². The quantitative estimate of drug-likeness (QED) is 0.333. The number of amides is 1. The average Bonchev–Trinajstić information content (AvgIpc) is 3.31. The first kappa shape index (κ1) is 23.9. The first-order chi connectivity index (χ1) is 16.4. The Morgan fingerprint density at radius 3 is 2.44 bits per heavy atom. The highest BCUT2D eigenvalue weighted by Crippen LogP contribution is 2.29. The van der Waals surface area contributed by atoms with Gasteiger partial charge in [0.2, 0.25) is 11.0 Å². The first-order valence-electron chi connectivity index (χ1n) is 9.98. The van der Waals surface area contributed by atoms with Crippen LogP contribution in [-0.4, -0.2) is 38.2 Å². The summed E-state index contributed by atoms with van der Waals surface area (Å²) in [5.74, 6) is 0.172. The zero-order valence-corrected chi connectivity index (χ0v) is 21.1. The number of halogens is 1. The van der Waals surface area contributed by atoms with Crippen LogP contribution in [-0.2, 0) is 14.8 Å². The van der Waals surface area contributed by atoms with Crippen LogP contribution < -0.4 is 14.4 Å². The van der Waals surface area contributed by atoms with Gasteiger partial charge in [-0.15, -0.1) is 10.2 Å². The highest BCUT2D eigenvalue weighted by atomic mass is 79.9. The number of anilines is 2. The number of benzene rings is 3. The zero-order chi connectivity index (χ0) is 24.1. The van der Waals surface area contributed by atoms with Crippen molar-refractivity contribution in [2.24, 2.45) is 0 Å². The van der Waals surface area contributed by atoms with Gasteiger partial charge >= 0.3 is 0 Å². The van der Waals surface area contributed by atoms with Gasteiger partial charge < -0.3 is 4.74 Å². The van der Waals surface area contributed by atoms with E-state index in [1.165, 1.54) is 23.5 Å². The number of rotatable bonds is 8. The van der Waals surface area contributed by atoms with Gasteiger partial charge in [0.25, 0.3) is 10.0 Å². The van der Waals surface area contributed by atoms with Crippen molar-refractivity contribution >= 4 is 54.0 Å². The van der Waals surface area contributed by atoms with E-state index in [0.29, 0.717) is 20.9 Å². The van der Waals surface area contributed by atoms with Gasteiger partial charge in [-0.3, -0.25) is 14.4 Å². The number of carbonyl (C=O) groups is 1. The summed E-state index contributed by atoms with van der Waals surface area (Å²) in [6.07, 6.45) is 0. The van der Waals surface area contributed by atoms with Crippen LogP contribution in [0.4, 0.5) is 10.8 Å². The minimum atomic E-state index is -4.00. The zero-order valence-electron chi connectivity index (χ0n) is 17.9. The van der Waals surface area contributed by atoms with E-state index < -0.39 is 22.5 Å². The van der Waals surface area contributed by atoms with Crippen LogP contribution >= 0.6 is 27.3 Å². The Morgan fingerprint density at radius 2 is 1.76 bits per heavy atom. The first-order valence-corrected chi connectivity index (χ1v) is 13.0. The third kappa shape index (κ3) is 5.44. The third-order valence-corrected chi connectivity index (χ3v) is 7.89. The third-order valence-electron chi connectivity index (χ3n) is 4.72. The molecule has 0 radical (unpaired) electrons. The Hall–Kier alpha value is -3.28. The second-order valence-corrected chi connectivity index (χ2v) is 10.7. The SMILES string of the molecule is COc1ccc(-c2nnc(NC(=O)CN(c3cccc(Br)c3)S(=O)(=O)c3ccccc3)s2)cc1. The van der Waals surface area contributed by atoms with Crippen LogP contribution in [0.1, 0.15) is 0 Å². The predicted molar refractivity (Wildman–Crippen MR) is 136 cm³/mol. The second kappa shape index (κ2) is 10.3. The summed E-state index contributed by atoms with van der Waals surface area (Å²) in [7, 11) is -2.41. The number of sulfonamides is 1. The number of methoxy groups -OCH3 is 1. The fraction of sp³-hybridized carbons (Fsp3) is 0.0870. The fourth-order valence-corrected chi connectivity index (χ4v) is 5.67. The summed E-state index contributed by atoms with van der Waals surface area (Å²) < 4.78 is 33.6. The summed E-state index contributed by atoms with van der Waals surface area (Å²) in [5, 5.41) is 11.7. The molecule has 0 unspecified atom stereocenters. The lowest BCUT2D eigenvalue weighted by molar-refractivity contribution is -0.114. The largest absolute Gasteiger partial charge is 0.497 e. The minimum Gasteiger partial charge on any atom is -0.497 e. The van der Waals surface area contributed by atoms with Gasteiger partial charge in [-0.1, -0.05) is 51.5 Å². The number of hydrogen-bond acceptors (Lipinski definition) is 7. The molecular weight excluding hydrogens is 540 g/mol. The van der Waals surface area contributed by atoms with E-state index in [4.69, 9.17) is 4.74 Å². The van der Waals surface area contributed by atoms with Crippen molar-refractivity contribution in [1.82, 2.24) is 10.2 Å². The lowest BCUT2D eigenvalue weighted by atomic mass is 10.2. The molecule has 4 aromatic rings. The number of nitrogens with zero attached hydrogens (tertiary/aromatic N) is 3. The summed E-state index contributed by atoms with van der Waals surface area (Å²) >= 11 is 4.55. The molecular formula is C23H19BrN4O4S2. The van der Waals surface area contributed by atoms with Crippen LogP contribution in [0, 0.1) is 0 Å². The van der Waals surface area contributed by atoms with Gasteiger partial charge in [0, 0.05) is 10.0 Å². The van der Waals surface area contributed by atoms with E-state index in [2.05, 4.69) is 31.4 Å². The van der Waals surface area contributed by atoms with E-state index >= 15 is 0 Å². The number of ether oxygens (including phenoxy) is 1. The molecule has 0 bridgehead atoms. The maximum absolute atomic E-state index is 13.4. The number of nitrogens with one attached hydrogen (secondary N) is 1. The molecule has 0 saturated heterocycles. The number of hydrogen-bond donors (Lipinski definition) is 1. The molecule has 0 aliphatic carbocycles. The molecule has 0 aliphatic rings. The number of carbonyl (C=O) groups excluding carboxylic acids is 1. The molecule has 1 aromatic heterocycles. The van der Waals surface area contributed by atoms with Crippen LogP contribution in [0.3, 0.4) is 0 Å². The Morgan fingerprint density at radius 1 is 1.03 bits per heavy atom. The Labute approximate surface area is 209 Å². The smallest absolute Gasteiger partial charge is 0.264 e. The van der Waals surface area contributed by atoms with Crippen LogP contribution in [0.2, 0.25) is 0 Å². The van der Waals surface area contributed by atoms with E-state index in [1.54, 1.807) is 61.7 Å². The summed E-state index contributed by atoms with van der Waals surface area (Å²) in [5.41, 5.74) is 1.17. The lowest BCUT2D eigenvalue weighted by Crippen LogP contribution is -2.38. The standard InChI is InChI=1S/C23H19BrN4O4S2/c1-32-19-12-10-16(11-13-19)22-26-27-23(33-22)25-21(29)15-28(18-7-5-6-17(24)14-18)34(30,31)20-8-3-2-4-9-20/h2-14H,15H2,1H3,(H,25,27,29). The van der Waals surface area contributed by atoms with Crippen molar-refractivity contribution in [3.05, 3.63) is 83.3 Å².